The van der Waals surface area contributed by atoms with Crippen molar-refractivity contribution in [3.8, 4) is 11.5 Å². The van der Waals surface area contributed by atoms with E-state index in [4.69, 9.17) is 27.9 Å². The number of aromatic hydroxyl groups is 1. The van der Waals surface area contributed by atoms with E-state index in [0.717, 1.165) is 9.80 Å². The minimum atomic E-state index is -1.99. The van der Waals surface area contributed by atoms with Crippen molar-refractivity contribution in [3.63, 3.8) is 0 Å². The number of alkyl halides is 3. The molecule has 6 atom stereocenters. The van der Waals surface area contributed by atoms with Gasteiger partial charge in [-0.25, -0.2) is 4.79 Å². The van der Waals surface area contributed by atoms with E-state index in [2.05, 4.69) is 15.9 Å². The van der Waals surface area contributed by atoms with Gasteiger partial charge in [-0.1, -0.05) is 39.7 Å². The average Bonchev–Trinajstić information content (AvgIpc) is 3.31. The SMILES string of the molecule is COc1cc([C@H]2C3=CC[C@@H]4C(=O)N(c5cccc(C(=O)O)c5)C(=O)[C@@H]4[C@@H]3C[C@@]3(Cl)C(=O)N(CBr)C(=O)[C@@]23Cl)ccc1O. The summed E-state index contributed by atoms with van der Waals surface area (Å²) in [4.78, 5) is 64.8. The third kappa shape index (κ3) is 3.66. The summed E-state index contributed by atoms with van der Waals surface area (Å²) in [6.07, 6.45) is 1.74. The fraction of sp³-hybridized carbons (Fsp3) is 0.345. The van der Waals surface area contributed by atoms with Crippen LogP contribution in [0.3, 0.4) is 0 Å². The van der Waals surface area contributed by atoms with Crippen LogP contribution in [0.2, 0.25) is 0 Å². The Morgan fingerprint density at radius 1 is 1.07 bits per heavy atom. The number of hydrogen-bond donors (Lipinski definition) is 2. The monoisotopic (exact) mass is 676 g/mol. The molecule has 3 fully saturated rings. The zero-order valence-electron chi connectivity index (χ0n) is 21.9. The molecule has 0 aromatic heterocycles. The third-order valence-electron chi connectivity index (χ3n) is 8.90. The molecule has 6 rings (SSSR count). The summed E-state index contributed by atoms with van der Waals surface area (Å²) in [5.74, 6) is -7.24. The van der Waals surface area contributed by atoms with Crippen LogP contribution in [-0.2, 0) is 19.2 Å². The van der Waals surface area contributed by atoms with Crippen molar-refractivity contribution in [2.24, 2.45) is 17.8 Å². The highest BCUT2D eigenvalue weighted by atomic mass is 79.9. The Balaban J connectivity index is 1.51. The largest absolute Gasteiger partial charge is 0.504 e. The van der Waals surface area contributed by atoms with Crippen LogP contribution in [0, 0.1) is 17.8 Å². The lowest BCUT2D eigenvalue weighted by atomic mass is 9.56. The second-order valence-electron chi connectivity index (χ2n) is 10.8. The number of methoxy groups -OCH3 is 1. The number of carbonyl (C=O) groups excluding carboxylic acids is 4. The number of carbonyl (C=O) groups is 5. The number of phenols is 1. The molecule has 2 aromatic rings. The quantitative estimate of drug-likeness (QED) is 0.209. The van der Waals surface area contributed by atoms with Crippen molar-refractivity contribution < 1.29 is 38.9 Å². The molecular weight excluding hydrogens is 655 g/mol. The number of rotatable bonds is 5. The summed E-state index contributed by atoms with van der Waals surface area (Å²) in [7, 11) is 1.36. The van der Waals surface area contributed by atoms with E-state index in [9.17, 15) is 34.2 Å². The van der Waals surface area contributed by atoms with E-state index < -0.39 is 63.0 Å². The predicted octanol–water partition coefficient (Wildman–Crippen LogP) is 4.01. The van der Waals surface area contributed by atoms with Crippen LogP contribution in [0.1, 0.15) is 34.7 Å². The zero-order valence-corrected chi connectivity index (χ0v) is 25.0. The Morgan fingerprint density at radius 2 is 1.81 bits per heavy atom. The number of anilines is 1. The van der Waals surface area contributed by atoms with Crippen molar-refractivity contribution in [3.05, 3.63) is 65.2 Å². The number of nitrogens with zero attached hydrogens (tertiary/aromatic N) is 2. The lowest BCUT2D eigenvalue weighted by molar-refractivity contribution is -0.138. The Labute approximate surface area is 257 Å². The second-order valence-corrected chi connectivity index (χ2v) is 12.5. The number of fused-ring (bicyclic) bond motifs is 4. The number of ether oxygens (including phenoxy) is 1. The lowest BCUT2D eigenvalue weighted by Gasteiger charge is -2.50. The minimum Gasteiger partial charge on any atom is -0.504 e. The summed E-state index contributed by atoms with van der Waals surface area (Å²) < 4.78 is 5.30. The van der Waals surface area contributed by atoms with E-state index in [1.807, 2.05) is 0 Å². The summed E-state index contributed by atoms with van der Waals surface area (Å²) in [6, 6.07) is 10.0. The van der Waals surface area contributed by atoms with Gasteiger partial charge >= 0.3 is 5.97 Å². The van der Waals surface area contributed by atoms with Crippen LogP contribution in [0.15, 0.2) is 54.1 Å². The highest BCUT2D eigenvalue weighted by Gasteiger charge is 2.76. The van der Waals surface area contributed by atoms with Crippen molar-refractivity contribution in [2.75, 3.05) is 17.5 Å². The van der Waals surface area contributed by atoms with Gasteiger partial charge in [0.25, 0.3) is 11.8 Å². The van der Waals surface area contributed by atoms with E-state index in [1.54, 1.807) is 12.1 Å². The number of allylic oxidation sites excluding steroid dienone is 2. The number of phenolic OH excluding ortho intramolecular Hbond substituents is 1. The molecular formula is C29H23BrCl2N2O8. The molecule has 0 bridgehead atoms. The summed E-state index contributed by atoms with van der Waals surface area (Å²) in [5.41, 5.74) is 0.897. The van der Waals surface area contributed by atoms with E-state index in [-0.39, 0.29) is 41.0 Å². The molecule has 2 aliphatic heterocycles. The topological polar surface area (TPSA) is 142 Å². The van der Waals surface area contributed by atoms with Gasteiger partial charge in [-0.05, 0) is 54.7 Å². The zero-order chi connectivity index (χ0) is 30.3. The molecule has 4 amide bonds. The highest BCUT2D eigenvalue weighted by Crippen LogP contribution is 2.65. The molecule has 10 nitrogen and oxygen atoms in total. The molecule has 0 radical (unpaired) electrons. The maximum absolute atomic E-state index is 14.0. The predicted molar refractivity (Wildman–Crippen MR) is 154 cm³/mol. The van der Waals surface area contributed by atoms with E-state index in [1.165, 1.54) is 43.5 Å². The van der Waals surface area contributed by atoms with Crippen LogP contribution >= 0.6 is 39.1 Å². The number of halogens is 3. The number of benzene rings is 2. The van der Waals surface area contributed by atoms with Gasteiger partial charge in [0.15, 0.2) is 21.2 Å². The van der Waals surface area contributed by atoms with Crippen LogP contribution in [0.5, 0.6) is 11.5 Å². The second kappa shape index (κ2) is 9.82. The van der Waals surface area contributed by atoms with Gasteiger partial charge in [0.1, 0.15) is 0 Å². The van der Waals surface area contributed by atoms with Crippen molar-refractivity contribution in [2.45, 2.75) is 28.5 Å². The maximum atomic E-state index is 14.0. The molecule has 13 heteroatoms. The first-order valence-electron chi connectivity index (χ1n) is 13.0. The molecule has 1 saturated carbocycles. The molecule has 0 unspecified atom stereocenters. The van der Waals surface area contributed by atoms with Gasteiger partial charge in [0, 0.05) is 5.92 Å². The van der Waals surface area contributed by atoms with E-state index in [0.29, 0.717) is 11.1 Å². The van der Waals surface area contributed by atoms with Crippen LogP contribution < -0.4 is 9.64 Å². The lowest BCUT2D eigenvalue weighted by Crippen LogP contribution is -2.60. The molecule has 2 N–H and O–H groups in total. The van der Waals surface area contributed by atoms with Gasteiger partial charge in [0.05, 0.1) is 35.7 Å². The van der Waals surface area contributed by atoms with Gasteiger partial charge in [0.2, 0.25) is 11.8 Å². The molecule has 2 aliphatic carbocycles. The van der Waals surface area contributed by atoms with Gasteiger partial charge in [-0.3, -0.25) is 29.0 Å². The molecule has 2 saturated heterocycles. The summed E-state index contributed by atoms with van der Waals surface area (Å²) in [6.45, 7) is 0. The Morgan fingerprint density at radius 3 is 2.48 bits per heavy atom. The standard InChI is InChI=1S/C29H23BrCl2N2O8/c1-42-20-10-13(5-8-19(20)35)22-16-6-7-17-21(18(16)11-28(31)26(40)33(12-30)27(41)29(22,28)32)24(37)34(23(17)36)15-4-2-3-14(9-15)25(38)39/h2-6,8-10,17-18,21-22,35H,7,11-12H2,1H3,(H,38,39)/t17-,18+,21-,22-,28+,29-/m0/s1. The number of amides is 4. The number of hydrogen-bond acceptors (Lipinski definition) is 7. The first kappa shape index (κ1) is 28.7. The number of imide groups is 2. The van der Waals surface area contributed by atoms with Gasteiger partial charge in [-0.15, -0.1) is 23.2 Å². The van der Waals surface area contributed by atoms with E-state index >= 15 is 0 Å². The molecule has 2 aromatic carbocycles. The molecule has 218 valence electrons. The van der Waals surface area contributed by atoms with Gasteiger partial charge < -0.3 is 14.9 Å². The van der Waals surface area contributed by atoms with Crippen molar-refractivity contribution in [1.82, 2.24) is 4.90 Å². The number of aromatic carboxylic acids is 1. The molecule has 2 heterocycles. The molecule has 4 aliphatic rings. The number of likely N-dealkylation sites (tertiary alicyclic amines) is 1. The molecule has 0 spiro atoms. The number of carboxylic acid groups (broad SMARTS) is 1. The van der Waals surface area contributed by atoms with Crippen LogP contribution in [-0.4, -0.2) is 67.0 Å². The first-order chi connectivity index (χ1) is 19.9. The van der Waals surface area contributed by atoms with Gasteiger partial charge in [-0.2, -0.15) is 0 Å². The summed E-state index contributed by atoms with van der Waals surface area (Å²) >= 11 is 17.6. The van der Waals surface area contributed by atoms with Crippen LogP contribution in [0.25, 0.3) is 0 Å². The maximum Gasteiger partial charge on any atom is 0.335 e. The van der Waals surface area contributed by atoms with Crippen molar-refractivity contribution >= 4 is 74.4 Å². The Hall–Kier alpha value is -3.41. The fourth-order valence-electron chi connectivity index (χ4n) is 7.03. The molecule has 42 heavy (non-hydrogen) atoms. The normalized spacial score (nSPS) is 32.0. The Kier molecular flexibility index (Phi) is 6.71. The smallest absolute Gasteiger partial charge is 0.335 e. The average molecular weight is 678 g/mol. The fourth-order valence-corrected chi connectivity index (χ4v) is 8.46. The number of carboxylic acids is 1. The van der Waals surface area contributed by atoms with Crippen LogP contribution in [0.4, 0.5) is 5.69 Å². The Bertz CT molecular complexity index is 1630. The van der Waals surface area contributed by atoms with Crippen molar-refractivity contribution in [1.29, 1.82) is 0 Å². The third-order valence-corrected chi connectivity index (χ3v) is 10.8. The minimum absolute atomic E-state index is 0.0858. The summed E-state index contributed by atoms with van der Waals surface area (Å²) in [5, 5.41) is 19.7. The highest BCUT2D eigenvalue weighted by molar-refractivity contribution is 9.09. The first-order valence-corrected chi connectivity index (χ1v) is 14.9.